The van der Waals surface area contributed by atoms with Gasteiger partial charge in [0.2, 0.25) is 0 Å². The van der Waals surface area contributed by atoms with Crippen molar-refractivity contribution in [3.8, 4) is 5.82 Å². The Kier molecular flexibility index (Phi) is 2.26. The molecule has 0 aliphatic heterocycles. The molecular formula is C11H14N4. The van der Waals surface area contributed by atoms with Gasteiger partial charge in [-0.25, -0.2) is 4.68 Å². The van der Waals surface area contributed by atoms with Crippen LogP contribution in [0, 0.1) is 0 Å². The summed E-state index contributed by atoms with van der Waals surface area (Å²) >= 11 is 0. The maximum absolute atomic E-state index is 4.47. The fraction of sp³-hybridized carbons (Fsp3) is 0.364. The normalized spacial score (nSPS) is 11.7. The molecule has 0 aliphatic carbocycles. The van der Waals surface area contributed by atoms with E-state index in [0.29, 0.717) is 0 Å². The number of hydrogen-bond acceptors (Lipinski definition) is 3. The average Bonchev–Trinajstić information content (AvgIpc) is 2.67. The van der Waals surface area contributed by atoms with Gasteiger partial charge in [-0.3, -0.25) is 0 Å². The smallest absolute Gasteiger partial charge is 0.175 e. The standard InChI is InChI=1S/C11H14N4/c1-11(2,3)9-6-8-15(14-9)10-5-4-7-12-13-10/h4-8H,1-3H3. The van der Waals surface area contributed by atoms with Gasteiger partial charge >= 0.3 is 0 Å². The average molecular weight is 202 g/mol. The summed E-state index contributed by atoms with van der Waals surface area (Å²) in [5.41, 5.74) is 1.11. The van der Waals surface area contributed by atoms with E-state index in [4.69, 9.17) is 0 Å². The lowest BCUT2D eigenvalue weighted by Gasteiger charge is -2.14. The third-order valence-corrected chi connectivity index (χ3v) is 2.15. The van der Waals surface area contributed by atoms with Crippen molar-refractivity contribution in [3.63, 3.8) is 0 Å². The first-order valence-electron chi connectivity index (χ1n) is 4.91. The van der Waals surface area contributed by atoms with Gasteiger partial charge in [-0.05, 0) is 18.2 Å². The topological polar surface area (TPSA) is 43.6 Å². The lowest BCUT2D eigenvalue weighted by atomic mass is 9.93. The zero-order valence-corrected chi connectivity index (χ0v) is 9.18. The van der Waals surface area contributed by atoms with Gasteiger partial charge in [-0.15, -0.1) is 5.10 Å². The van der Waals surface area contributed by atoms with E-state index in [2.05, 4.69) is 36.1 Å². The van der Waals surface area contributed by atoms with Crippen molar-refractivity contribution in [2.75, 3.05) is 0 Å². The molecule has 0 bridgehead atoms. The molecule has 0 fully saturated rings. The summed E-state index contributed by atoms with van der Waals surface area (Å²) < 4.78 is 1.74. The van der Waals surface area contributed by atoms with E-state index in [0.717, 1.165) is 11.5 Å². The van der Waals surface area contributed by atoms with E-state index >= 15 is 0 Å². The Morgan fingerprint density at radius 2 is 2.00 bits per heavy atom. The van der Waals surface area contributed by atoms with Crippen LogP contribution in [0.1, 0.15) is 26.5 Å². The van der Waals surface area contributed by atoms with Gasteiger partial charge in [-0.1, -0.05) is 20.8 Å². The predicted molar refractivity (Wildman–Crippen MR) is 57.9 cm³/mol. The quantitative estimate of drug-likeness (QED) is 0.710. The zero-order chi connectivity index (χ0) is 10.9. The van der Waals surface area contributed by atoms with Crippen molar-refractivity contribution >= 4 is 0 Å². The molecule has 4 heteroatoms. The SMILES string of the molecule is CC(C)(C)c1ccn(-c2cccnn2)n1. The van der Waals surface area contributed by atoms with Crippen molar-refractivity contribution in [2.45, 2.75) is 26.2 Å². The van der Waals surface area contributed by atoms with E-state index in [1.165, 1.54) is 0 Å². The first kappa shape index (κ1) is 9.83. The fourth-order valence-electron chi connectivity index (χ4n) is 1.27. The predicted octanol–water partition coefficient (Wildman–Crippen LogP) is 1.96. The summed E-state index contributed by atoms with van der Waals surface area (Å²) in [7, 11) is 0. The van der Waals surface area contributed by atoms with Crippen molar-refractivity contribution in [3.05, 3.63) is 36.3 Å². The third-order valence-electron chi connectivity index (χ3n) is 2.15. The van der Waals surface area contributed by atoms with E-state index in [9.17, 15) is 0 Å². The highest BCUT2D eigenvalue weighted by atomic mass is 15.3. The van der Waals surface area contributed by atoms with Crippen LogP contribution >= 0.6 is 0 Å². The summed E-state index contributed by atoms with van der Waals surface area (Å²) in [6.07, 6.45) is 3.56. The van der Waals surface area contributed by atoms with Crippen molar-refractivity contribution in [1.82, 2.24) is 20.0 Å². The van der Waals surface area contributed by atoms with Gasteiger partial charge in [0.1, 0.15) is 0 Å². The van der Waals surface area contributed by atoms with Crippen LogP contribution < -0.4 is 0 Å². The van der Waals surface area contributed by atoms with E-state index in [-0.39, 0.29) is 5.41 Å². The van der Waals surface area contributed by atoms with Gasteiger partial charge in [0.15, 0.2) is 5.82 Å². The molecule has 0 unspecified atom stereocenters. The molecule has 0 amide bonds. The minimum Gasteiger partial charge on any atom is -0.221 e. The maximum Gasteiger partial charge on any atom is 0.175 e. The molecule has 2 aromatic heterocycles. The highest BCUT2D eigenvalue weighted by Gasteiger charge is 2.17. The monoisotopic (exact) mass is 202 g/mol. The van der Waals surface area contributed by atoms with Gasteiger partial charge in [0.05, 0.1) is 5.69 Å². The number of aromatic nitrogens is 4. The largest absolute Gasteiger partial charge is 0.221 e. The Labute approximate surface area is 89.0 Å². The van der Waals surface area contributed by atoms with Crippen LogP contribution in [0.2, 0.25) is 0 Å². The van der Waals surface area contributed by atoms with Crippen LogP contribution in [0.3, 0.4) is 0 Å². The highest BCUT2D eigenvalue weighted by molar-refractivity contribution is 5.21. The molecule has 15 heavy (non-hydrogen) atoms. The fourth-order valence-corrected chi connectivity index (χ4v) is 1.27. The summed E-state index contributed by atoms with van der Waals surface area (Å²) in [5, 5.41) is 12.3. The molecule has 0 radical (unpaired) electrons. The number of nitrogens with zero attached hydrogens (tertiary/aromatic N) is 4. The Balaban J connectivity index is 2.37. The maximum atomic E-state index is 4.47. The Morgan fingerprint density at radius 1 is 1.20 bits per heavy atom. The van der Waals surface area contributed by atoms with Crippen LogP contribution in [0.5, 0.6) is 0 Å². The molecule has 0 aromatic carbocycles. The zero-order valence-electron chi connectivity index (χ0n) is 9.18. The molecule has 0 atom stereocenters. The minimum absolute atomic E-state index is 0.0630. The number of rotatable bonds is 1. The van der Waals surface area contributed by atoms with Gasteiger partial charge in [0.25, 0.3) is 0 Å². The Hall–Kier alpha value is -1.71. The molecule has 2 rings (SSSR count). The first-order valence-corrected chi connectivity index (χ1v) is 4.91. The lowest BCUT2D eigenvalue weighted by Crippen LogP contribution is -2.12. The van der Waals surface area contributed by atoms with Crippen LogP contribution in [0.25, 0.3) is 5.82 Å². The van der Waals surface area contributed by atoms with Gasteiger partial charge in [0, 0.05) is 17.8 Å². The second kappa shape index (κ2) is 3.46. The van der Waals surface area contributed by atoms with Crippen LogP contribution in [-0.2, 0) is 5.41 Å². The molecular weight excluding hydrogens is 188 g/mol. The van der Waals surface area contributed by atoms with Crippen molar-refractivity contribution in [2.24, 2.45) is 0 Å². The summed E-state index contributed by atoms with van der Waals surface area (Å²) in [6, 6.07) is 5.74. The first-order chi connectivity index (χ1) is 7.07. The third kappa shape index (κ3) is 2.03. The molecule has 4 nitrogen and oxygen atoms in total. The lowest BCUT2D eigenvalue weighted by molar-refractivity contribution is 0.559. The van der Waals surface area contributed by atoms with Crippen LogP contribution in [0.4, 0.5) is 0 Å². The second-order valence-corrected chi connectivity index (χ2v) is 4.48. The molecule has 2 heterocycles. The summed E-state index contributed by atoms with van der Waals surface area (Å²) in [5.74, 6) is 0.744. The molecule has 0 saturated heterocycles. The van der Waals surface area contributed by atoms with Crippen LogP contribution in [0.15, 0.2) is 30.6 Å². The summed E-state index contributed by atoms with van der Waals surface area (Å²) in [4.78, 5) is 0. The van der Waals surface area contributed by atoms with E-state index in [1.54, 1.807) is 10.9 Å². The minimum atomic E-state index is 0.0630. The molecule has 0 N–H and O–H groups in total. The number of hydrogen-bond donors (Lipinski definition) is 0. The molecule has 78 valence electrons. The Bertz CT molecular complexity index is 439. The van der Waals surface area contributed by atoms with E-state index < -0.39 is 0 Å². The van der Waals surface area contributed by atoms with Gasteiger partial charge in [-0.2, -0.15) is 10.2 Å². The van der Waals surface area contributed by atoms with E-state index in [1.807, 2.05) is 24.4 Å². The molecule has 0 spiro atoms. The second-order valence-electron chi connectivity index (χ2n) is 4.48. The molecule has 2 aromatic rings. The van der Waals surface area contributed by atoms with Gasteiger partial charge < -0.3 is 0 Å². The molecule has 0 saturated carbocycles. The Morgan fingerprint density at radius 3 is 2.53 bits per heavy atom. The molecule has 0 aliphatic rings. The highest BCUT2D eigenvalue weighted by Crippen LogP contribution is 2.20. The summed E-state index contributed by atoms with van der Waals surface area (Å²) in [6.45, 7) is 6.41. The van der Waals surface area contributed by atoms with Crippen molar-refractivity contribution in [1.29, 1.82) is 0 Å². The van der Waals surface area contributed by atoms with Crippen molar-refractivity contribution < 1.29 is 0 Å². The van der Waals surface area contributed by atoms with Crippen LogP contribution in [-0.4, -0.2) is 20.0 Å².